The van der Waals surface area contributed by atoms with Gasteiger partial charge in [-0.15, -0.1) is 0 Å². The molecule has 0 saturated carbocycles. The highest BCUT2D eigenvalue weighted by molar-refractivity contribution is 7.93. The minimum atomic E-state index is -4.29. The number of nitrogens with zero attached hydrogens (tertiary/aromatic N) is 1. The third-order valence-electron chi connectivity index (χ3n) is 6.22. The zero-order valence-electron chi connectivity index (χ0n) is 21.4. The minimum absolute atomic E-state index is 0.0388. The van der Waals surface area contributed by atoms with Crippen LogP contribution in [0.3, 0.4) is 0 Å². The zero-order valence-corrected chi connectivity index (χ0v) is 23.1. The molecule has 0 bridgehead atoms. The van der Waals surface area contributed by atoms with Crippen LogP contribution >= 0.6 is 0 Å². The van der Waals surface area contributed by atoms with Gasteiger partial charge in [-0.2, -0.15) is 0 Å². The number of amides is 1. The summed E-state index contributed by atoms with van der Waals surface area (Å²) in [7, 11) is -8.24. The highest BCUT2D eigenvalue weighted by atomic mass is 32.2. The molecule has 8 nitrogen and oxygen atoms in total. The van der Waals surface area contributed by atoms with Crippen LogP contribution < -0.4 is 14.3 Å². The number of para-hydroxylation sites is 1. The SMILES string of the molecule is O=C(CN(c1ccccc1F)S(=O)(=O)c1ccccc1)Nc1ccc(S(=O)(=O)Nc2cccc3ccccc23)cc1. The topological polar surface area (TPSA) is 113 Å². The molecule has 41 heavy (non-hydrogen) atoms. The Hall–Kier alpha value is -4.74. The Morgan fingerprint density at radius 2 is 1.32 bits per heavy atom. The summed E-state index contributed by atoms with van der Waals surface area (Å²) in [4.78, 5) is 12.8. The van der Waals surface area contributed by atoms with Gasteiger partial charge in [-0.3, -0.25) is 13.8 Å². The van der Waals surface area contributed by atoms with Crippen molar-refractivity contribution in [2.75, 3.05) is 20.9 Å². The van der Waals surface area contributed by atoms with E-state index in [0.717, 1.165) is 16.8 Å². The zero-order chi connectivity index (χ0) is 29.0. The number of hydrogen-bond acceptors (Lipinski definition) is 5. The molecule has 11 heteroatoms. The van der Waals surface area contributed by atoms with Crippen LogP contribution in [0.5, 0.6) is 0 Å². The van der Waals surface area contributed by atoms with Gasteiger partial charge in [0.15, 0.2) is 0 Å². The van der Waals surface area contributed by atoms with Crippen LogP contribution in [0.2, 0.25) is 0 Å². The van der Waals surface area contributed by atoms with Crippen molar-refractivity contribution in [3.8, 4) is 0 Å². The van der Waals surface area contributed by atoms with E-state index in [4.69, 9.17) is 0 Å². The third-order valence-corrected chi connectivity index (χ3v) is 9.38. The molecule has 0 spiro atoms. The molecule has 0 unspecified atom stereocenters. The van der Waals surface area contributed by atoms with E-state index in [9.17, 15) is 26.0 Å². The first-order valence-corrected chi connectivity index (χ1v) is 15.3. The van der Waals surface area contributed by atoms with Crippen molar-refractivity contribution < 1.29 is 26.0 Å². The number of anilines is 3. The first-order chi connectivity index (χ1) is 19.6. The standard InChI is InChI=1S/C30H24FN3O5S2/c31-27-14-6-7-16-29(27)34(41(38,39)25-11-2-1-3-12-25)21-30(35)32-23-17-19-24(20-18-23)40(36,37)33-28-15-8-10-22-9-4-5-13-26(22)28/h1-20,33H,21H2,(H,32,35). The maximum absolute atomic E-state index is 14.7. The molecule has 0 aliphatic carbocycles. The predicted octanol–water partition coefficient (Wildman–Crippen LogP) is 5.61. The van der Waals surface area contributed by atoms with E-state index in [0.29, 0.717) is 9.99 Å². The van der Waals surface area contributed by atoms with E-state index in [-0.39, 0.29) is 21.2 Å². The molecule has 1 amide bonds. The number of sulfonamides is 2. The second-order valence-corrected chi connectivity index (χ2v) is 12.5. The summed E-state index contributed by atoms with van der Waals surface area (Å²) in [6, 6.07) is 30.7. The number of carbonyl (C=O) groups is 1. The van der Waals surface area contributed by atoms with E-state index in [2.05, 4.69) is 10.0 Å². The van der Waals surface area contributed by atoms with Crippen molar-refractivity contribution in [2.45, 2.75) is 9.79 Å². The molecule has 0 aliphatic heterocycles. The van der Waals surface area contributed by atoms with Gasteiger partial charge in [0.25, 0.3) is 20.0 Å². The van der Waals surface area contributed by atoms with Crippen LogP contribution in [0.4, 0.5) is 21.5 Å². The van der Waals surface area contributed by atoms with Gasteiger partial charge in [0.1, 0.15) is 12.4 Å². The maximum atomic E-state index is 14.7. The van der Waals surface area contributed by atoms with Gasteiger partial charge < -0.3 is 5.32 Å². The lowest BCUT2D eigenvalue weighted by molar-refractivity contribution is -0.114. The van der Waals surface area contributed by atoms with Crippen LogP contribution in [-0.4, -0.2) is 29.3 Å². The van der Waals surface area contributed by atoms with Crippen molar-refractivity contribution in [1.29, 1.82) is 0 Å². The average Bonchev–Trinajstić information content (AvgIpc) is 2.97. The van der Waals surface area contributed by atoms with E-state index in [1.54, 1.807) is 18.2 Å². The molecule has 0 radical (unpaired) electrons. The normalized spacial score (nSPS) is 11.6. The van der Waals surface area contributed by atoms with Gasteiger partial charge in [-0.1, -0.05) is 66.7 Å². The number of halogens is 1. The molecule has 0 aromatic heterocycles. The Balaban J connectivity index is 1.35. The van der Waals surface area contributed by atoms with Crippen LogP contribution in [0.25, 0.3) is 10.8 Å². The molecule has 208 valence electrons. The Bertz CT molecular complexity index is 1930. The number of nitrogens with one attached hydrogen (secondary N) is 2. The van der Waals surface area contributed by atoms with Crippen LogP contribution in [0.1, 0.15) is 0 Å². The summed E-state index contributed by atoms with van der Waals surface area (Å²) in [5.74, 6) is -1.56. The van der Waals surface area contributed by atoms with Crippen molar-refractivity contribution in [3.63, 3.8) is 0 Å². The largest absolute Gasteiger partial charge is 0.325 e. The molecule has 0 atom stereocenters. The minimum Gasteiger partial charge on any atom is -0.325 e. The number of fused-ring (bicyclic) bond motifs is 1. The summed E-state index contributed by atoms with van der Waals surface area (Å²) >= 11 is 0. The molecule has 0 fully saturated rings. The molecular weight excluding hydrogens is 565 g/mol. The smallest absolute Gasteiger partial charge is 0.264 e. The maximum Gasteiger partial charge on any atom is 0.264 e. The lowest BCUT2D eigenvalue weighted by Crippen LogP contribution is -2.38. The highest BCUT2D eigenvalue weighted by Gasteiger charge is 2.29. The van der Waals surface area contributed by atoms with Gasteiger partial charge in [-0.05, 0) is 60.0 Å². The predicted molar refractivity (Wildman–Crippen MR) is 157 cm³/mol. The van der Waals surface area contributed by atoms with Crippen LogP contribution in [-0.2, 0) is 24.8 Å². The van der Waals surface area contributed by atoms with Gasteiger partial charge >= 0.3 is 0 Å². The first kappa shape index (κ1) is 27.8. The van der Waals surface area contributed by atoms with Crippen molar-refractivity contribution in [2.24, 2.45) is 0 Å². The quantitative estimate of drug-likeness (QED) is 0.232. The van der Waals surface area contributed by atoms with Crippen LogP contribution in [0.15, 0.2) is 131 Å². The summed E-state index contributed by atoms with van der Waals surface area (Å²) in [5, 5.41) is 4.18. The monoisotopic (exact) mass is 589 g/mol. The first-order valence-electron chi connectivity index (χ1n) is 12.4. The fourth-order valence-corrected chi connectivity index (χ4v) is 6.77. The second kappa shape index (κ2) is 11.4. The molecule has 5 rings (SSSR count). The van der Waals surface area contributed by atoms with E-state index < -0.39 is 38.3 Å². The number of benzene rings is 5. The average molecular weight is 590 g/mol. The molecule has 5 aromatic rings. The van der Waals surface area contributed by atoms with Crippen molar-refractivity contribution in [1.82, 2.24) is 0 Å². The Morgan fingerprint density at radius 3 is 2.05 bits per heavy atom. The summed E-state index contributed by atoms with van der Waals surface area (Å²) < 4.78 is 70.8. The van der Waals surface area contributed by atoms with Gasteiger partial charge in [0, 0.05) is 11.1 Å². The Labute approximate surface area is 237 Å². The van der Waals surface area contributed by atoms with Gasteiger partial charge in [-0.25, -0.2) is 21.2 Å². The fraction of sp³-hybridized carbons (Fsp3) is 0.0333. The Kier molecular flexibility index (Phi) is 7.73. The van der Waals surface area contributed by atoms with E-state index in [1.807, 2.05) is 30.3 Å². The van der Waals surface area contributed by atoms with Gasteiger partial charge in [0.2, 0.25) is 5.91 Å². The van der Waals surface area contributed by atoms with Crippen molar-refractivity contribution in [3.05, 3.63) is 127 Å². The highest BCUT2D eigenvalue weighted by Crippen LogP contribution is 2.28. The third kappa shape index (κ3) is 6.06. The second-order valence-electron chi connectivity index (χ2n) is 8.98. The summed E-state index contributed by atoms with van der Waals surface area (Å²) in [6.07, 6.45) is 0. The Morgan fingerprint density at radius 1 is 0.683 bits per heavy atom. The molecule has 0 saturated heterocycles. The van der Waals surface area contributed by atoms with Gasteiger partial charge in [0.05, 0.1) is 21.2 Å². The molecule has 0 aliphatic rings. The van der Waals surface area contributed by atoms with E-state index in [1.165, 1.54) is 66.7 Å². The fourth-order valence-electron chi connectivity index (χ4n) is 4.24. The number of hydrogen-bond donors (Lipinski definition) is 2. The lowest BCUT2D eigenvalue weighted by Gasteiger charge is -2.24. The number of carbonyl (C=O) groups excluding carboxylic acids is 1. The number of rotatable bonds is 9. The molecular formula is C30H24FN3O5S2. The molecule has 2 N–H and O–H groups in total. The van der Waals surface area contributed by atoms with Crippen molar-refractivity contribution >= 4 is 53.8 Å². The van der Waals surface area contributed by atoms with E-state index >= 15 is 0 Å². The molecule has 5 aromatic carbocycles. The lowest BCUT2D eigenvalue weighted by atomic mass is 10.1. The molecule has 0 heterocycles. The van der Waals surface area contributed by atoms with Crippen LogP contribution in [0, 0.1) is 5.82 Å². The summed E-state index contributed by atoms with van der Waals surface area (Å²) in [6.45, 7) is -0.721. The summed E-state index contributed by atoms with van der Waals surface area (Å²) in [5.41, 5.74) is 0.366.